The van der Waals surface area contributed by atoms with Crippen LogP contribution in [0.5, 0.6) is 0 Å². The molecule has 2 aliphatic rings. The maximum atomic E-state index is 12.7. The molecule has 0 unspecified atom stereocenters. The standard InChI is InChI=1S/C15H19N3O3/c19-12-10-21-14(15(20)18-8-6-16-7-9-18)13(17-12)11-4-2-1-3-5-11/h1-5,13-14,16H,6-10H2,(H,17,19)/t13-,14+/m1/s1. The lowest BCUT2D eigenvalue weighted by atomic mass is 9.98. The van der Waals surface area contributed by atoms with Gasteiger partial charge in [0.15, 0.2) is 6.10 Å². The van der Waals surface area contributed by atoms with Gasteiger partial charge in [-0.25, -0.2) is 0 Å². The molecular weight excluding hydrogens is 270 g/mol. The van der Waals surface area contributed by atoms with Crippen molar-refractivity contribution in [2.45, 2.75) is 12.1 Å². The van der Waals surface area contributed by atoms with Gasteiger partial charge in [-0.15, -0.1) is 0 Å². The fourth-order valence-corrected chi connectivity index (χ4v) is 2.75. The largest absolute Gasteiger partial charge is 0.356 e. The Balaban J connectivity index is 1.80. The topological polar surface area (TPSA) is 70.7 Å². The first-order valence-corrected chi connectivity index (χ1v) is 7.21. The number of benzene rings is 1. The van der Waals surface area contributed by atoms with Crippen molar-refractivity contribution >= 4 is 11.8 Å². The molecule has 1 aromatic rings. The van der Waals surface area contributed by atoms with Crippen molar-refractivity contribution in [1.29, 1.82) is 0 Å². The molecule has 2 N–H and O–H groups in total. The smallest absolute Gasteiger partial charge is 0.254 e. The van der Waals surface area contributed by atoms with E-state index in [0.29, 0.717) is 13.1 Å². The second kappa shape index (κ2) is 6.24. The average molecular weight is 289 g/mol. The zero-order chi connectivity index (χ0) is 14.7. The highest BCUT2D eigenvalue weighted by Gasteiger charge is 2.38. The number of piperazine rings is 1. The maximum Gasteiger partial charge on any atom is 0.254 e. The maximum absolute atomic E-state index is 12.7. The van der Waals surface area contributed by atoms with Crippen LogP contribution in [0, 0.1) is 0 Å². The highest BCUT2D eigenvalue weighted by atomic mass is 16.5. The minimum atomic E-state index is -0.650. The number of nitrogens with one attached hydrogen (secondary N) is 2. The summed E-state index contributed by atoms with van der Waals surface area (Å²) in [6, 6.07) is 9.07. The molecule has 6 heteroatoms. The minimum absolute atomic E-state index is 0.0506. The lowest BCUT2D eigenvalue weighted by Crippen LogP contribution is -2.56. The predicted octanol–water partition coefficient (Wildman–Crippen LogP) is -0.325. The number of amides is 2. The van der Waals surface area contributed by atoms with Crippen LogP contribution in [-0.2, 0) is 14.3 Å². The Morgan fingerprint density at radius 3 is 2.62 bits per heavy atom. The number of rotatable bonds is 2. The fraction of sp³-hybridized carbons (Fsp3) is 0.467. The molecule has 2 saturated heterocycles. The normalized spacial score (nSPS) is 26.3. The summed E-state index contributed by atoms with van der Waals surface area (Å²) in [5.41, 5.74) is 0.888. The van der Waals surface area contributed by atoms with Crippen LogP contribution in [0.2, 0.25) is 0 Å². The van der Waals surface area contributed by atoms with E-state index in [4.69, 9.17) is 4.74 Å². The molecule has 21 heavy (non-hydrogen) atoms. The van der Waals surface area contributed by atoms with Crippen molar-refractivity contribution in [3.63, 3.8) is 0 Å². The Bertz CT molecular complexity index is 514. The molecule has 0 radical (unpaired) electrons. The van der Waals surface area contributed by atoms with E-state index in [2.05, 4.69) is 10.6 Å². The number of hydrogen-bond acceptors (Lipinski definition) is 4. The van der Waals surface area contributed by atoms with Gasteiger partial charge in [-0.1, -0.05) is 30.3 Å². The van der Waals surface area contributed by atoms with Crippen LogP contribution in [-0.4, -0.2) is 55.6 Å². The molecule has 0 saturated carbocycles. The first-order valence-electron chi connectivity index (χ1n) is 7.21. The second-order valence-electron chi connectivity index (χ2n) is 5.26. The van der Waals surface area contributed by atoms with Crippen LogP contribution in [0.4, 0.5) is 0 Å². The van der Waals surface area contributed by atoms with E-state index in [0.717, 1.165) is 18.7 Å². The number of carbonyl (C=O) groups excluding carboxylic acids is 2. The summed E-state index contributed by atoms with van der Waals surface area (Å²) in [6.45, 7) is 2.87. The highest BCUT2D eigenvalue weighted by Crippen LogP contribution is 2.24. The number of morpholine rings is 1. The third-order valence-electron chi connectivity index (χ3n) is 3.84. The number of carbonyl (C=O) groups is 2. The SMILES string of the molecule is O=C1CO[C@H](C(=O)N2CCNCC2)[C@@H](c2ccccc2)N1. The van der Waals surface area contributed by atoms with Crippen LogP contribution in [0.3, 0.4) is 0 Å². The molecule has 0 spiro atoms. The quantitative estimate of drug-likeness (QED) is 0.782. The summed E-state index contributed by atoms with van der Waals surface area (Å²) < 4.78 is 5.55. The van der Waals surface area contributed by atoms with Gasteiger partial charge in [0.2, 0.25) is 5.91 Å². The molecule has 0 aromatic heterocycles. The average Bonchev–Trinajstić information content (AvgIpc) is 2.56. The van der Waals surface area contributed by atoms with Crippen molar-refractivity contribution < 1.29 is 14.3 Å². The Morgan fingerprint density at radius 1 is 1.19 bits per heavy atom. The van der Waals surface area contributed by atoms with Crippen LogP contribution in [0.1, 0.15) is 11.6 Å². The van der Waals surface area contributed by atoms with Crippen molar-refractivity contribution in [3.8, 4) is 0 Å². The molecule has 2 fully saturated rings. The Morgan fingerprint density at radius 2 is 1.90 bits per heavy atom. The monoisotopic (exact) mass is 289 g/mol. The van der Waals surface area contributed by atoms with Gasteiger partial charge >= 0.3 is 0 Å². The summed E-state index contributed by atoms with van der Waals surface area (Å²) in [4.78, 5) is 26.1. The Labute approximate surface area is 123 Å². The lowest BCUT2D eigenvalue weighted by Gasteiger charge is -2.36. The van der Waals surface area contributed by atoms with Gasteiger partial charge in [-0.2, -0.15) is 0 Å². The molecule has 0 aliphatic carbocycles. The molecular formula is C15H19N3O3. The van der Waals surface area contributed by atoms with Gasteiger partial charge in [-0.3, -0.25) is 9.59 Å². The van der Waals surface area contributed by atoms with Crippen LogP contribution in [0.15, 0.2) is 30.3 Å². The summed E-state index contributed by atoms with van der Waals surface area (Å²) in [7, 11) is 0. The third kappa shape index (κ3) is 3.06. The Hall–Kier alpha value is -1.92. The van der Waals surface area contributed by atoms with Gasteiger partial charge in [0.1, 0.15) is 6.61 Å². The van der Waals surface area contributed by atoms with E-state index in [1.54, 1.807) is 4.90 Å². The van der Waals surface area contributed by atoms with E-state index >= 15 is 0 Å². The minimum Gasteiger partial charge on any atom is -0.356 e. The number of hydrogen-bond donors (Lipinski definition) is 2. The van der Waals surface area contributed by atoms with Crippen LogP contribution < -0.4 is 10.6 Å². The Kier molecular flexibility index (Phi) is 4.17. The first kappa shape index (κ1) is 14.0. The molecule has 1 aromatic carbocycles. The van der Waals surface area contributed by atoms with Gasteiger partial charge in [-0.05, 0) is 5.56 Å². The van der Waals surface area contributed by atoms with Gasteiger partial charge in [0.05, 0.1) is 6.04 Å². The summed E-state index contributed by atoms with van der Waals surface area (Å²) in [5.74, 6) is -0.237. The summed E-state index contributed by atoms with van der Waals surface area (Å²) >= 11 is 0. The molecule has 2 aliphatic heterocycles. The summed E-state index contributed by atoms with van der Waals surface area (Å²) in [5, 5.41) is 6.09. The van der Waals surface area contributed by atoms with Crippen LogP contribution in [0.25, 0.3) is 0 Å². The van der Waals surface area contributed by atoms with E-state index in [-0.39, 0.29) is 18.4 Å². The molecule has 2 heterocycles. The molecule has 6 nitrogen and oxygen atoms in total. The second-order valence-corrected chi connectivity index (χ2v) is 5.26. The molecule has 2 amide bonds. The van der Waals surface area contributed by atoms with Crippen molar-refractivity contribution in [2.24, 2.45) is 0 Å². The van der Waals surface area contributed by atoms with Crippen molar-refractivity contribution in [1.82, 2.24) is 15.5 Å². The molecule has 0 bridgehead atoms. The molecule has 2 atom stereocenters. The van der Waals surface area contributed by atoms with E-state index in [9.17, 15) is 9.59 Å². The summed E-state index contributed by atoms with van der Waals surface area (Å²) in [6.07, 6.45) is -0.650. The van der Waals surface area contributed by atoms with E-state index in [1.165, 1.54) is 0 Å². The highest BCUT2D eigenvalue weighted by molar-refractivity contribution is 5.86. The van der Waals surface area contributed by atoms with Gasteiger partial charge < -0.3 is 20.3 Å². The fourth-order valence-electron chi connectivity index (χ4n) is 2.75. The molecule has 3 rings (SSSR count). The van der Waals surface area contributed by atoms with Crippen molar-refractivity contribution in [2.75, 3.05) is 32.8 Å². The first-order chi connectivity index (χ1) is 10.3. The predicted molar refractivity (Wildman–Crippen MR) is 76.5 cm³/mol. The van der Waals surface area contributed by atoms with Crippen LogP contribution >= 0.6 is 0 Å². The van der Waals surface area contributed by atoms with E-state index in [1.807, 2.05) is 30.3 Å². The van der Waals surface area contributed by atoms with Crippen molar-refractivity contribution in [3.05, 3.63) is 35.9 Å². The molecule has 112 valence electrons. The van der Waals surface area contributed by atoms with Gasteiger partial charge in [0.25, 0.3) is 5.91 Å². The van der Waals surface area contributed by atoms with E-state index < -0.39 is 12.1 Å². The number of nitrogens with zero attached hydrogens (tertiary/aromatic N) is 1. The number of ether oxygens (including phenoxy) is 1. The van der Waals surface area contributed by atoms with Gasteiger partial charge in [0, 0.05) is 26.2 Å². The zero-order valence-corrected chi connectivity index (χ0v) is 11.7. The zero-order valence-electron chi connectivity index (χ0n) is 11.7. The lowest BCUT2D eigenvalue weighted by molar-refractivity contribution is -0.155. The third-order valence-corrected chi connectivity index (χ3v) is 3.84.